The number of rotatable bonds is 5. The summed E-state index contributed by atoms with van der Waals surface area (Å²) in [6.07, 6.45) is 6.33. The number of anilines is 1. The summed E-state index contributed by atoms with van der Waals surface area (Å²) in [4.78, 5) is 16.6. The number of nitro groups is 1. The molecule has 0 amide bonds. The van der Waals surface area contributed by atoms with Gasteiger partial charge >= 0.3 is 5.00 Å². The minimum atomic E-state index is -0.383. The van der Waals surface area contributed by atoms with E-state index in [4.69, 9.17) is 4.74 Å². The first-order chi connectivity index (χ1) is 9.22. The minimum Gasteiger partial charge on any atom is -0.376 e. The summed E-state index contributed by atoms with van der Waals surface area (Å²) in [5, 5.41) is 11.5. The highest BCUT2D eigenvalue weighted by atomic mass is 32.1. The van der Waals surface area contributed by atoms with Gasteiger partial charge in [-0.05, 0) is 42.9 Å². The second kappa shape index (κ2) is 5.42. The Balaban J connectivity index is 1.58. The van der Waals surface area contributed by atoms with E-state index in [-0.39, 0.29) is 16.0 Å². The number of nitrogens with zero attached hydrogens (tertiary/aromatic N) is 3. The molecule has 6 nitrogen and oxygen atoms in total. The highest BCUT2D eigenvalue weighted by Gasteiger charge is 2.27. The topological polar surface area (TPSA) is 68.5 Å². The Morgan fingerprint density at radius 3 is 3.05 bits per heavy atom. The van der Waals surface area contributed by atoms with Crippen molar-refractivity contribution in [2.75, 3.05) is 24.6 Å². The number of piperidine rings is 1. The first-order valence-corrected chi connectivity index (χ1v) is 7.51. The third kappa shape index (κ3) is 3.22. The molecular weight excluding hydrogens is 266 g/mol. The smallest absolute Gasteiger partial charge is 0.345 e. The van der Waals surface area contributed by atoms with Gasteiger partial charge in [-0.3, -0.25) is 10.1 Å². The van der Waals surface area contributed by atoms with E-state index in [1.54, 1.807) is 0 Å². The molecule has 0 aromatic carbocycles. The highest BCUT2D eigenvalue weighted by molar-refractivity contribution is 7.18. The Morgan fingerprint density at radius 1 is 1.53 bits per heavy atom. The van der Waals surface area contributed by atoms with E-state index in [1.165, 1.54) is 19.0 Å². The lowest BCUT2D eigenvalue weighted by Gasteiger charge is -2.32. The molecule has 1 aromatic rings. The summed E-state index contributed by atoms with van der Waals surface area (Å²) in [6.45, 7) is 2.59. The second-order valence-corrected chi connectivity index (χ2v) is 6.21. The molecule has 1 unspecified atom stereocenters. The first-order valence-electron chi connectivity index (χ1n) is 6.69. The molecule has 0 spiro atoms. The fraction of sp³-hybridized carbons (Fsp3) is 0.750. The van der Waals surface area contributed by atoms with E-state index >= 15 is 0 Å². The van der Waals surface area contributed by atoms with E-state index in [0.717, 1.165) is 54.9 Å². The van der Waals surface area contributed by atoms with Gasteiger partial charge in [-0.2, -0.15) is 0 Å². The van der Waals surface area contributed by atoms with Crippen molar-refractivity contribution in [2.45, 2.75) is 31.8 Å². The van der Waals surface area contributed by atoms with Crippen LogP contribution in [0, 0.1) is 16.0 Å². The Bertz CT molecular complexity index is 461. The number of hydrogen-bond acceptors (Lipinski definition) is 6. The average Bonchev–Trinajstić information content (AvgIpc) is 3.10. The molecule has 0 N–H and O–H groups in total. The molecule has 2 fully saturated rings. The Morgan fingerprint density at radius 2 is 2.37 bits per heavy atom. The summed E-state index contributed by atoms with van der Waals surface area (Å²) < 4.78 is 5.91. The number of hydrogen-bond donors (Lipinski definition) is 0. The Kier molecular flexibility index (Phi) is 3.65. The van der Waals surface area contributed by atoms with E-state index < -0.39 is 0 Å². The Hall–Kier alpha value is -1.21. The van der Waals surface area contributed by atoms with Crippen molar-refractivity contribution >= 4 is 21.5 Å². The molecule has 1 saturated heterocycles. The van der Waals surface area contributed by atoms with Crippen molar-refractivity contribution in [3.8, 4) is 0 Å². The van der Waals surface area contributed by atoms with E-state index in [1.807, 2.05) is 0 Å². The Labute approximate surface area is 115 Å². The van der Waals surface area contributed by atoms with Crippen molar-refractivity contribution in [1.82, 2.24) is 4.98 Å². The van der Waals surface area contributed by atoms with Crippen molar-refractivity contribution < 1.29 is 9.66 Å². The van der Waals surface area contributed by atoms with Gasteiger partial charge in [0.05, 0.1) is 11.0 Å². The van der Waals surface area contributed by atoms with Crippen LogP contribution in [0.25, 0.3) is 0 Å². The molecule has 19 heavy (non-hydrogen) atoms. The molecule has 1 aromatic heterocycles. The highest BCUT2D eigenvalue weighted by Crippen LogP contribution is 2.32. The maximum atomic E-state index is 10.7. The molecule has 0 bridgehead atoms. The summed E-state index contributed by atoms with van der Waals surface area (Å²) in [6, 6.07) is 0. The quantitative estimate of drug-likeness (QED) is 0.613. The van der Waals surface area contributed by atoms with Gasteiger partial charge in [-0.1, -0.05) is 0 Å². The fourth-order valence-corrected chi connectivity index (χ4v) is 3.06. The van der Waals surface area contributed by atoms with E-state index in [0.29, 0.717) is 0 Å². The number of thiazole rings is 1. The standard InChI is InChI=1S/C12H17N3O3S/c16-15(17)11-6-13-12(19-11)14-5-1-2-10(7-14)18-8-9-3-4-9/h6,9-10H,1-5,7-8H2. The molecular formula is C12H17N3O3S. The zero-order valence-corrected chi connectivity index (χ0v) is 11.5. The molecule has 104 valence electrons. The van der Waals surface area contributed by atoms with Crippen LogP contribution in [0.15, 0.2) is 6.20 Å². The zero-order chi connectivity index (χ0) is 13.2. The van der Waals surface area contributed by atoms with Crippen LogP contribution in [0.5, 0.6) is 0 Å². The third-order valence-electron chi connectivity index (χ3n) is 3.57. The van der Waals surface area contributed by atoms with Gasteiger partial charge in [-0.15, -0.1) is 0 Å². The van der Waals surface area contributed by atoms with Gasteiger partial charge in [0, 0.05) is 19.7 Å². The first kappa shape index (κ1) is 12.8. The molecule has 7 heteroatoms. The maximum Gasteiger partial charge on any atom is 0.345 e. The van der Waals surface area contributed by atoms with Crippen LogP contribution in [0.1, 0.15) is 25.7 Å². The minimum absolute atomic E-state index is 0.107. The molecule has 3 rings (SSSR count). The van der Waals surface area contributed by atoms with Crippen LogP contribution in [0.3, 0.4) is 0 Å². The predicted octanol–water partition coefficient (Wildman–Crippen LogP) is 2.45. The molecule has 1 aliphatic carbocycles. The molecule has 1 saturated carbocycles. The third-order valence-corrected chi connectivity index (χ3v) is 4.58. The summed E-state index contributed by atoms with van der Waals surface area (Å²) >= 11 is 1.15. The normalized spacial score (nSPS) is 23.6. The van der Waals surface area contributed by atoms with Crippen molar-refractivity contribution in [3.63, 3.8) is 0 Å². The largest absolute Gasteiger partial charge is 0.376 e. The molecule has 2 aliphatic rings. The lowest BCUT2D eigenvalue weighted by Crippen LogP contribution is -2.39. The summed E-state index contributed by atoms with van der Waals surface area (Å²) in [7, 11) is 0. The SMILES string of the molecule is O=[N+]([O-])c1cnc(N2CCCC(OCC3CC3)C2)s1. The van der Waals surface area contributed by atoms with Gasteiger partial charge in [-0.25, -0.2) is 4.98 Å². The number of aromatic nitrogens is 1. The molecule has 0 radical (unpaired) electrons. The summed E-state index contributed by atoms with van der Waals surface area (Å²) in [5.41, 5.74) is 0. The van der Waals surface area contributed by atoms with Crippen molar-refractivity contribution in [3.05, 3.63) is 16.3 Å². The van der Waals surface area contributed by atoms with Crippen molar-refractivity contribution in [2.24, 2.45) is 5.92 Å². The lowest BCUT2D eigenvalue weighted by molar-refractivity contribution is -0.380. The van der Waals surface area contributed by atoms with E-state index in [9.17, 15) is 10.1 Å². The lowest BCUT2D eigenvalue weighted by atomic mass is 10.1. The zero-order valence-electron chi connectivity index (χ0n) is 10.7. The van der Waals surface area contributed by atoms with Crippen LogP contribution in [-0.2, 0) is 4.74 Å². The van der Waals surface area contributed by atoms with Crippen LogP contribution in [0.4, 0.5) is 10.1 Å². The van der Waals surface area contributed by atoms with Gasteiger partial charge in [0.15, 0.2) is 5.13 Å². The van der Waals surface area contributed by atoms with Crippen molar-refractivity contribution in [1.29, 1.82) is 0 Å². The van der Waals surface area contributed by atoms with Gasteiger partial charge in [0.2, 0.25) is 0 Å². The average molecular weight is 283 g/mol. The van der Waals surface area contributed by atoms with Crippen LogP contribution < -0.4 is 4.90 Å². The molecule has 1 aliphatic heterocycles. The van der Waals surface area contributed by atoms with Crippen LogP contribution in [0.2, 0.25) is 0 Å². The van der Waals surface area contributed by atoms with Crippen LogP contribution in [-0.4, -0.2) is 35.7 Å². The number of ether oxygens (including phenoxy) is 1. The molecule has 1 atom stereocenters. The second-order valence-electron chi connectivity index (χ2n) is 5.23. The van der Waals surface area contributed by atoms with Crippen LogP contribution >= 0.6 is 11.3 Å². The summed E-state index contributed by atoms with van der Waals surface area (Å²) in [5.74, 6) is 0.774. The van der Waals surface area contributed by atoms with E-state index in [2.05, 4.69) is 9.88 Å². The molecule has 2 heterocycles. The van der Waals surface area contributed by atoms with Gasteiger partial charge in [0.25, 0.3) is 0 Å². The monoisotopic (exact) mass is 283 g/mol. The van der Waals surface area contributed by atoms with Gasteiger partial charge in [0.1, 0.15) is 6.20 Å². The predicted molar refractivity (Wildman–Crippen MR) is 72.7 cm³/mol. The maximum absolute atomic E-state index is 10.7. The fourth-order valence-electron chi connectivity index (χ4n) is 2.29. The van der Waals surface area contributed by atoms with Gasteiger partial charge < -0.3 is 9.64 Å².